The maximum absolute atomic E-state index is 11.6. The summed E-state index contributed by atoms with van der Waals surface area (Å²) in [5, 5.41) is 3.39. The van der Waals surface area contributed by atoms with Crippen molar-refractivity contribution < 1.29 is 4.79 Å². The highest BCUT2D eigenvalue weighted by molar-refractivity contribution is 6.01. The van der Waals surface area contributed by atoms with E-state index in [-0.39, 0.29) is 0 Å². The van der Waals surface area contributed by atoms with Crippen LogP contribution in [0.4, 0.5) is 0 Å². The molecule has 66 valence electrons. The number of ketones is 1. The van der Waals surface area contributed by atoms with E-state index < -0.39 is 0 Å². The molecule has 0 amide bonds. The summed E-state index contributed by atoms with van der Waals surface area (Å²) < 4.78 is 0. The fourth-order valence-corrected chi connectivity index (χ4v) is 2.44. The van der Waals surface area contributed by atoms with Crippen LogP contribution in [0.1, 0.15) is 33.9 Å². The summed E-state index contributed by atoms with van der Waals surface area (Å²) in [7, 11) is 0. The van der Waals surface area contributed by atoms with Gasteiger partial charge in [0.1, 0.15) is 0 Å². The normalized spacial score (nSPS) is 24.6. The van der Waals surface area contributed by atoms with Gasteiger partial charge >= 0.3 is 0 Å². The van der Waals surface area contributed by atoms with Crippen LogP contribution in [0.5, 0.6) is 0 Å². The van der Waals surface area contributed by atoms with Crippen LogP contribution >= 0.6 is 0 Å². The molecule has 0 bridgehead atoms. The van der Waals surface area contributed by atoms with Crippen molar-refractivity contribution in [3.8, 4) is 0 Å². The first-order valence-corrected chi connectivity index (χ1v) is 4.74. The molecular weight excluding hydrogens is 162 g/mol. The molecule has 1 heterocycles. The van der Waals surface area contributed by atoms with Crippen molar-refractivity contribution >= 4 is 5.78 Å². The van der Waals surface area contributed by atoms with Crippen LogP contribution in [-0.4, -0.2) is 12.3 Å². The summed E-state index contributed by atoms with van der Waals surface area (Å²) >= 11 is 0. The number of Topliss-reactive ketones (excluding diaryl/α,β-unsaturated/α-hetero) is 1. The predicted molar refractivity (Wildman–Crippen MR) is 49.8 cm³/mol. The lowest BCUT2D eigenvalue weighted by Crippen LogP contribution is -2.27. The van der Waals surface area contributed by atoms with Crippen molar-refractivity contribution in [2.45, 2.75) is 18.9 Å². The second-order valence-electron chi connectivity index (χ2n) is 3.76. The van der Waals surface area contributed by atoms with Gasteiger partial charge in [0.25, 0.3) is 0 Å². The van der Waals surface area contributed by atoms with Crippen molar-refractivity contribution in [1.29, 1.82) is 0 Å². The van der Waals surface area contributed by atoms with Gasteiger partial charge in [-0.25, -0.2) is 0 Å². The summed E-state index contributed by atoms with van der Waals surface area (Å²) in [5.41, 5.74) is 3.60. The summed E-state index contributed by atoms with van der Waals surface area (Å²) in [6.45, 7) is 1.01. The number of hydrogen-bond donors (Lipinski definition) is 1. The Morgan fingerprint density at radius 1 is 1.38 bits per heavy atom. The van der Waals surface area contributed by atoms with E-state index in [4.69, 9.17) is 0 Å². The van der Waals surface area contributed by atoms with Crippen molar-refractivity contribution in [3.63, 3.8) is 0 Å². The fraction of sp³-hybridized carbons (Fsp3) is 0.364. The maximum atomic E-state index is 11.6. The monoisotopic (exact) mass is 173 g/mol. The van der Waals surface area contributed by atoms with Crippen LogP contribution in [0.2, 0.25) is 0 Å². The highest BCUT2D eigenvalue weighted by Gasteiger charge is 2.32. The van der Waals surface area contributed by atoms with Crippen molar-refractivity contribution in [2.24, 2.45) is 0 Å². The Kier molecular flexibility index (Phi) is 1.35. The maximum Gasteiger partial charge on any atom is 0.165 e. The number of hydrogen-bond acceptors (Lipinski definition) is 2. The van der Waals surface area contributed by atoms with Gasteiger partial charge in [-0.1, -0.05) is 18.2 Å². The smallest absolute Gasteiger partial charge is 0.165 e. The Morgan fingerprint density at radius 2 is 2.31 bits per heavy atom. The summed E-state index contributed by atoms with van der Waals surface area (Å²) in [6.07, 6.45) is 1.72. The zero-order chi connectivity index (χ0) is 8.84. The third-order valence-electron chi connectivity index (χ3n) is 3.02. The molecule has 0 saturated carbocycles. The molecule has 1 aromatic rings. The molecule has 2 heteroatoms. The molecule has 0 aromatic heterocycles. The SMILES string of the molecule is O=C1C[C@@H]2NCCc3cccc1c32. The minimum atomic E-state index is 0.302. The van der Waals surface area contributed by atoms with Gasteiger partial charge in [-0.3, -0.25) is 4.79 Å². The van der Waals surface area contributed by atoms with Gasteiger partial charge in [-0.15, -0.1) is 0 Å². The molecule has 1 aliphatic carbocycles. The lowest BCUT2D eigenvalue weighted by atomic mass is 9.95. The number of benzene rings is 1. The van der Waals surface area contributed by atoms with Gasteiger partial charge in [0.05, 0.1) is 0 Å². The Hall–Kier alpha value is -1.15. The van der Waals surface area contributed by atoms with Crippen LogP contribution in [0.3, 0.4) is 0 Å². The summed E-state index contributed by atoms with van der Waals surface area (Å²) in [4.78, 5) is 11.6. The molecule has 13 heavy (non-hydrogen) atoms. The lowest BCUT2D eigenvalue weighted by molar-refractivity contribution is 0.0986. The zero-order valence-electron chi connectivity index (χ0n) is 7.34. The quantitative estimate of drug-likeness (QED) is 0.643. The van der Waals surface area contributed by atoms with Crippen molar-refractivity contribution in [3.05, 3.63) is 34.9 Å². The largest absolute Gasteiger partial charge is 0.309 e. The fourth-order valence-electron chi connectivity index (χ4n) is 2.44. The average molecular weight is 173 g/mol. The highest BCUT2D eigenvalue weighted by Crippen LogP contribution is 2.35. The van der Waals surface area contributed by atoms with Gasteiger partial charge in [-0.2, -0.15) is 0 Å². The van der Waals surface area contributed by atoms with Gasteiger partial charge in [0.15, 0.2) is 5.78 Å². The lowest BCUT2D eigenvalue weighted by Gasteiger charge is -2.22. The van der Waals surface area contributed by atoms with Crippen LogP contribution in [0, 0.1) is 0 Å². The van der Waals surface area contributed by atoms with Crippen LogP contribution in [0.15, 0.2) is 18.2 Å². The second-order valence-corrected chi connectivity index (χ2v) is 3.76. The van der Waals surface area contributed by atoms with E-state index in [1.54, 1.807) is 0 Å². The molecule has 0 spiro atoms. The van der Waals surface area contributed by atoms with Crippen LogP contribution < -0.4 is 5.32 Å². The van der Waals surface area contributed by atoms with Crippen molar-refractivity contribution in [2.75, 3.05) is 6.54 Å². The Balaban J connectivity index is 2.28. The average Bonchev–Trinajstić information content (AvgIpc) is 2.47. The minimum Gasteiger partial charge on any atom is -0.309 e. The molecule has 1 aromatic carbocycles. The molecule has 0 radical (unpaired) electrons. The number of rotatable bonds is 0. The Morgan fingerprint density at radius 3 is 3.23 bits per heavy atom. The predicted octanol–water partition coefficient (Wildman–Crippen LogP) is 1.46. The Bertz CT molecular complexity index is 384. The Labute approximate surface area is 77.0 Å². The number of nitrogens with one attached hydrogen (secondary N) is 1. The molecule has 0 saturated heterocycles. The minimum absolute atomic E-state index is 0.302. The topological polar surface area (TPSA) is 29.1 Å². The van der Waals surface area contributed by atoms with Crippen LogP contribution in [0.25, 0.3) is 0 Å². The van der Waals surface area contributed by atoms with Gasteiger partial charge in [0.2, 0.25) is 0 Å². The van der Waals surface area contributed by atoms with Gasteiger partial charge in [-0.05, 0) is 24.1 Å². The van der Waals surface area contributed by atoms with Crippen molar-refractivity contribution in [1.82, 2.24) is 5.32 Å². The molecule has 3 rings (SSSR count). The summed E-state index contributed by atoms with van der Waals surface area (Å²) in [5.74, 6) is 0.302. The molecule has 1 atom stereocenters. The van der Waals surface area contributed by atoms with Gasteiger partial charge in [0, 0.05) is 18.0 Å². The molecule has 2 nitrogen and oxygen atoms in total. The van der Waals surface area contributed by atoms with E-state index in [0.29, 0.717) is 18.2 Å². The van der Waals surface area contributed by atoms with Crippen LogP contribution in [-0.2, 0) is 6.42 Å². The molecule has 1 aliphatic heterocycles. The van der Waals surface area contributed by atoms with E-state index >= 15 is 0 Å². The molecule has 2 aliphatic rings. The third kappa shape index (κ3) is 0.893. The molecule has 0 unspecified atom stereocenters. The first-order valence-electron chi connectivity index (χ1n) is 4.74. The zero-order valence-corrected chi connectivity index (χ0v) is 7.34. The van der Waals surface area contributed by atoms with E-state index in [9.17, 15) is 4.79 Å². The third-order valence-corrected chi connectivity index (χ3v) is 3.02. The first kappa shape index (κ1) is 7.27. The standard InChI is InChI=1S/C11H11NO/c13-10-6-9-11-7(4-5-12-9)2-1-3-8(10)11/h1-3,9,12H,4-6H2/t9-/m0/s1. The van der Waals surface area contributed by atoms with E-state index in [2.05, 4.69) is 11.4 Å². The van der Waals surface area contributed by atoms with E-state index in [1.165, 1.54) is 11.1 Å². The summed E-state index contributed by atoms with van der Waals surface area (Å²) in [6, 6.07) is 6.41. The second kappa shape index (κ2) is 2.42. The molecule has 0 fully saturated rings. The van der Waals surface area contributed by atoms with E-state index in [0.717, 1.165) is 18.5 Å². The first-order chi connectivity index (χ1) is 6.36. The highest BCUT2D eigenvalue weighted by atomic mass is 16.1. The number of carbonyl (C=O) groups is 1. The van der Waals surface area contributed by atoms with E-state index in [1.807, 2.05) is 12.1 Å². The van der Waals surface area contributed by atoms with Gasteiger partial charge < -0.3 is 5.32 Å². The molecular formula is C11H11NO. The number of carbonyl (C=O) groups excluding carboxylic acids is 1. The molecule has 1 N–H and O–H groups in total.